The molecule has 0 aliphatic heterocycles. The maximum absolute atomic E-state index is 5.38. The first-order chi connectivity index (χ1) is 6.81. The smallest absolute Gasteiger partial charge is 0.240 e. The second kappa shape index (κ2) is 3.59. The van der Waals surface area contributed by atoms with E-state index in [-0.39, 0.29) is 6.54 Å². The average molecular weight is 189 g/mol. The highest BCUT2D eigenvalue weighted by molar-refractivity contribution is 5.58. The number of hydrogen-bond donors (Lipinski definition) is 1. The van der Waals surface area contributed by atoms with Crippen LogP contribution in [0.4, 0.5) is 0 Å². The van der Waals surface area contributed by atoms with Crippen molar-refractivity contribution in [2.75, 3.05) is 0 Å². The fourth-order valence-corrected chi connectivity index (χ4v) is 1.27. The van der Waals surface area contributed by atoms with Gasteiger partial charge in [-0.1, -0.05) is 29.4 Å². The van der Waals surface area contributed by atoms with E-state index in [1.165, 1.54) is 0 Å². The summed E-state index contributed by atoms with van der Waals surface area (Å²) in [5, 5.41) is 3.85. The summed E-state index contributed by atoms with van der Waals surface area (Å²) < 4.78 is 4.94. The summed E-state index contributed by atoms with van der Waals surface area (Å²) in [5.41, 5.74) is 7.49. The van der Waals surface area contributed by atoms with Gasteiger partial charge in [0, 0.05) is 5.56 Å². The molecule has 1 aromatic heterocycles. The lowest BCUT2D eigenvalue weighted by atomic mass is 10.1. The van der Waals surface area contributed by atoms with Crippen LogP contribution in [0.1, 0.15) is 11.5 Å². The first kappa shape index (κ1) is 8.90. The van der Waals surface area contributed by atoms with Gasteiger partial charge < -0.3 is 10.3 Å². The molecule has 0 aliphatic rings. The van der Waals surface area contributed by atoms with Gasteiger partial charge in [-0.05, 0) is 12.5 Å². The van der Waals surface area contributed by atoms with Crippen molar-refractivity contribution in [3.63, 3.8) is 0 Å². The molecule has 0 spiro atoms. The van der Waals surface area contributed by atoms with Gasteiger partial charge in [-0.25, -0.2) is 0 Å². The fraction of sp³-hybridized carbons (Fsp3) is 0.200. The zero-order chi connectivity index (χ0) is 9.97. The van der Waals surface area contributed by atoms with E-state index in [0.717, 1.165) is 11.1 Å². The molecule has 2 N–H and O–H groups in total. The molecule has 72 valence electrons. The van der Waals surface area contributed by atoms with Gasteiger partial charge >= 0.3 is 0 Å². The van der Waals surface area contributed by atoms with E-state index in [4.69, 9.17) is 10.3 Å². The Labute approximate surface area is 81.7 Å². The number of hydrogen-bond acceptors (Lipinski definition) is 4. The Morgan fingerprint density at radius 3 is 2.79 bits per heavy atom. The van der Waals surface area contributed by atoms with Gasteiger partial charge in [-0.2, -0.15) is 4.98 Å². The van der Waals surface area contributed by atoms with Crippen molar-refractivity contribution in [2.24, 2.45) is 5.73 Å². The molecule has 0 saturated carbocycles. The molecule has 4 nitrogen and oxygen atoms in total. The van der Waals surface area contributed by atoms with Crippen LogP contribution in [0.15, 0.2) is 28.8 Å². The third kappa shape index (κ3) is 1.52. The highest BCUT2D eigenvalue weighted by atomic mass is 16.5. The molecular formula is C10H11N3O. The van der Waals surface area contributed by atoms with E-state index in [1.807, 2.05) is 31.2 Å². The topological polar surface area (TPSA) is 64.9 Å². The van der Waals surface area contributed by atoms with Gasteiger partial charge in [-0.15, -0.1) is 0 Å². The monoisotopic (exact) mass is 189 g/mol. The van der Waals surface area contributed by atoms with Crippen molar-refractivity contribution >= 4 is 0 Å². The Hall–Kier alpha value is -1.68. The molecule has 0 bridgehead atoms. The molecule has 0 saturated heterocycles. The summed E-state index contributed by atoms with van der Waals surface area (Å²) in [7, 11) is 0. The second-order valence-corrected chi connectivity index (χ2v) is 3.03. The predicted molar refractivity (Wildman–Crippen MR) is 52.4 cm³/mol. The van der Waals surface area contributed by atoms with E-state index < -0.39 is 0 Å². The summed E-state index contributed by atoms with van der Waals surface area (Å²) in [4.78, 5) is 4.16. The largest absolute Gasteiger partial charge is 0.338 e. The lowest BCUT2D eigenvalue weighted by Crippen LogP contribution is -1.95. The van der Waals surface area contributed by atoms with Crippen LogP contribution in [0.2, 0.25) is 0 Å². The van der Waals surface area contributed by atoms with Gasteiger partial charge in [0.05, 0.1) is 6.54 Å². The molecule has 0 aliphatic carbocycles. The summed E-state index contributed by atoms with van der Waals surface area (Å²) in [6, 6.07) is 7.89. The molecule has 2 rings (SSSR count). The van der Waals surface area contributed by atoms with Crippen molar-refractivity contribution < 1.29 is 4.52 Å². The Kier molecular flexibility index (Phi) is 2.28. The Balaban J connectivity index is 2.44. The minimum Gasteiger partial charge on any atom is -0.338 e. The van der Waals surface area contributed by atoms with Crippen LogP contribution >= 0.6 is 0 Å². The summed E-state index contributed by atoms with van der Waals surface area (Å²) in [5.74, 6) is 1.06. The molecule has 2 aromatic rings. The number of nitrogens with two attached hydrogens (primary N) is 1. The predicted octanol–water partition coefficient (Wildman–Crippen LogP) is 1.50. The van der Waals surface area contributed by atoms with Gasteiger partial charge in [0.15, 0.2) is 0 Å². The highest BCUT2D eigenvalue weighted by Gasteiger charge is 2.08. The third-order valence-electron chi connectivity index (χ3n) is 2.03. The maximum Gasteiger partial charge on any atom is 0.240 e. The third-order valence-corrected chi connectivity index (χ3v) is 2.03. The Bertz CT molecular complexity index is 436. The van der Waals surface area contributed by atoms with Crippen LogP contribution in [0.5, 0.6) is 0 Å². The summed E-state index contributed by atoms with van der Waals surface area (Å²) in [6.45, 7) is 2.28. The minimum absolute atomic E-state index is 0.277. The van der Waals surface area contributed by atoms with Crippen LogP contribution in [-0.4, -0.2) is 10.1 Å². The van der Waals surface area contributed by atoms with E-state index >= 15 is 0 Å². The van der Waals surface area contributed by atoms with E-state index in [1.54, 1.807) is 0 Å². The molecule has 4 heteroatoms. The van der Waals surface area contributed by atoms with Crippen LogP contribution in [-0.2, 0) is 6.54 Å². The van der Waals surface area contributed by atoms with Crippen molar-refractivity contribution in [3.8, 4) is 11.4 Å². The first-order valence-electron chi connectivity index (χ1n) is 4.40. The average Bonchev–Trinajstić information content (AvgIpc) is 2.67. The van der Waals surface area contributed by atoms with Crippen LogP contribution in [0, 0.1) is 6.92 Å². The zero-order valence-corrected chi connectivity index (χ0v) is 7.90. The van der Waals surface area contributed by atoms with Crippen LogP contribution in [0.3, 0.4) is 0 Å². The molecule has 14 heavy (non-hydrogen) atoms. The quantitative estimate of drug-likeness (QED) is 0.777. The normalized spacial score (nSPS) is 10.4. The number of aromatic nitrogens is 2. The van der Waals surface area contributed by atoms with Gasteiger partial charge in [-0.3, -0.25) is 0 Å². The number of nitrogens with zero attached hydrogens (tertiary/aromatic N) is 2. The standard InChI is InChI=1S/C10H11N3O/c1-7-4-2-3-5-8(7)10-12-9(6-11)14-13-10/h2-5H,6,11H2,1H3. The molecule has 0 atom stereocenters. The van der Waals surface area contributed by atoms with Crippen LogP contribution < -0.4 is 5.73 Å². The van der Waals surface area contributed by atoms with Gasteiger partial charge in [0.2, 0.25) is 11.7 Å². The number of benzene rings is 1. The van der Waals surface area contributed by atoms with E-state index in [2.05, 4.69) is 10.1 Å². The van der Waals surface area contributed by atoms with Gasteiger partial charge in [0.1, 0.15) is 0 Å². The molecule has 1 aromatic carbocycles. The molecule has 0 unspecified atom stereocenters. The molecule has 1 heterocycles. The van der Waals surface area contributed by atoms with Crippen molar-refractivity contribution in [1.29, 1.82) is 0 Å². The summed E-state index contributed by atoms with van der Waals surface area (Å²) in [6.07, 6.45) is 0. The molecular weight excluding hydrogens is 178 g/mol. The lowest BCUT2D eigenvalue weighted by Gasteiger charge is -1.97. The Morgan fingerprint density at radius 2 is 2.14 bits per heavy atom. The van der Waals surface area contributed by atoms with Gasteiger partial charge in [0.25, 0.3) is 0 Å². The van der Waals surface area contributed by atoms with Crippen LogP contribution in [0.25, 0.3) is 11.4 Å². The second-order valence-electron chi connectivity index (χ2n) is 3.03. The Morgan fingerprint density at radius 1 is 1.36 bits per heavy atom. The molecule has 0 fully saturated rings. The number of rotatable bonds is 2. The lowest BCUT2D eigenvalue weighted by molar-refractivity contribution is 0.380. The summed E-state index contributed by atoms with van der Waals surface area (Å²) >= 11 is 0. The first-order valence-corrected chi connectivity index (χ1v) is 4.40. The molecule has 0 radical (unpaired) electrons. The van der Waals surface area contributed by atoms with Crippen molar-refractivity contribution in [2.45, 2.75) is 13.5 Å². The van der Waals surface area contributed by atoms with E-state index in [0.29, 0.717) is 11.7 Å². The minimum atomic E-state index is 0.277. The highest BCUT2D eigenvalue weighted by Crippen LogP contribution is 2.19. The van der Waals surface area contributed by atoms with E-state index in [9.17, 15) is 0 Å². The maximum atomic E-state index is 5.38. The van der Waals surface area contributed by atoms with Crippen molar-refractivity contribution in [1.82, 2.24) is 10.1 Å². The fourth-order valence-electron chi connectivity index (χ4n) is 1.27. The number of aryl methyl sites for hydroxylation is 1. The molecule has 0 amide bonds. The SMILES string of the molecule is Cc1ccccc1-c1noc(CN)n1. The zero-order valence-electron chi connectivity index (χ0n) is 7.90. The van der Waals surface area contributed by atoms with Crippen molar-refractivity contribution in [3.05, 3.63) is 35.7 Å².